The molecule has 5 nitrogen and oxygen atoms in total. The predicted molar refractivity (Wildman–Crippen MR) is 117 cm³/mol. The number of nitrogens with zero attached hydrogens (tertiary/aromatic N) is 2. The monoisotopic (exact) mass is 420 g/mol. The van der Waals surface area contributed by atoms with E-state index in [1.807, 2.05) is 19.2 Å². The quantitative estimate of drug-likeness (QED) is 0.646. The van der Waals surface area contributed by atoms with Crippen LogP contribution in [0.15, 0.2) is 47.3 Å². The molecule has 6 heteroatoms. The van der Waals surface area contributed by atoms with Crippen molar-refractivity contribution in [2.24, 2.45) is 7.05 Å². The second-order valence-corrected chi connectivity index (χ2v) is 8.30. The van der Waals surface area contributed by atoms with Gasteiger partial charge in [-0.25, -0.2) is 4.39 Å². The van der Waals surface area contributed by atoms with Gasteiger partial charge in [0.25, 0.3) is 5.56 Å². The van der Waals surface area contributed by atoms with Crippen molar-refractivity contribution in [3.05, 3.63) is 81.0 Å². The van der Waals surface area contributed by atoms with Crippen LogP contribution in [0.2, 0.25) is 0 Å². The predicted octanol–water partition coefficient (Wildman–Crippen LogP) is 3.83. The number of aryl methyl sites for hydroxylation is 1. The number of pyridine rings is 1. The van der Waals surface area contributed by atoms with E-state index >= 15 is 0 Å². The second kappa shape index (κ2) is 7.85. The summed E-state index contributed by atoms with van der Waals surface area (Å²) in [4.78, 5) is 15.3. The minimum atomic E-state index is -0.260. The maximum Gasteiger partial charge on any atom is 0.258 e. The van der Waals surface area contributed by atoms with Crippen molar-refractivity contribution in [2.75, 3.05) is 19.8 Å². The zero-order chi connectivity index (χ0) is 21.5. The standard InChI is InChI=1S/C25H25FN2O3/c1-16-11-18(4-5-21(16)26)20-13-19-15-28(8-7-22(19)27(2)25(20)29)14-17-3-6-23-24(12-17)31-10-9-30-23/h3-6,11-13H,7-10,14-15H2,1-2H3. The van der Waals surface area contributed by atoms with Gasteiger partial charge in [-0.15, -0.1) is 0 Å². The van der Waals surface area contributed by atoms with Crippen LogP contribution in [-0.2, 0) is 26.6 Å². The van der Waals surface area contributed by atoms with Crippen LogP contribution < -0.4 is 15.0 Å². The summed E-state index contributed by atoms with van der Waals surface area (Å²) in [7, 11) is 1.83. The summed E-state index contributed by atoms with van der Waals surface area (Å²) in [5.74, 6) is 1.34. The Balaban J connectivity index is 1.43. The molecule has 0 saturated carbocycles. The Hall–Kier alpha value is -3.12. The van der Waals surface area contributed by atoms with Gasteiger partial charge in [-0.05, 0) is 59.5 Å². The molecule has 0 unspecified atom stereocenters. The molecule has 0 radical (unpaired) electrons. The summed E-state index contributed by atoms with van der Waals surface area (Å²) < 4.78 is 26.8. The smallest absolute Gasteiger partial charge is 0.258 e. The van der Waals surface area contributed by atoms with Crippen molar-refractivity contribution in [2.45, 2.75) is 26.4 Å². The third-order valence-corrected chi connectivity index (χ3v) is 6.17. The van der Waals surface area contributed by atoms with Crippen molar-refractivity contribution in [3.63, 3.8) is 0 Å². The van der Waals surface area contributed by atoms with Gasteiger partial charge in [0.15, 0.2) is 11.5 Å². The number of benzene rings is 2. The van der Waals surface area contributed by atoms with E-state index in [0.29, 0.717) is 24.3 Å². The van der Waals surface area contributed by atoms with Crippen molar-refractivity contribution < 1.29 is 13.9 Å². The molecule has 31 heavy (non-hydrogen) atoms. The number of fused-ring (bicyclic) bond motifs is 2. The number of hydrogen-bond acceptors (Lipinski definition) is 4. The van der Waals surface area contributed by atoms with Gasteiger partial charge >= 0.3 is 0 Å². The fourth-order valence-corrected chi connectivity index (χ4v) is 4.49. The Morgan fingerprint density at radius 2 is 1.84 bits per heavy atom. The first kappa shape index (κ1) is 19.8. The molecule has 3 heterocycles. The Morgan fingerprint density at radius 1 is 1.03 bits per heavy atom. The summed E-state index contributed by atoms with van der Waals surface area (Å²) in [6.07, 6.45) is 0.814. The van der Waals surface area contributed by atoms with E-state index < -0.39 is 0 Å². The van der Waals surface area contributed by atoms with Crippen molar-refractivity contribution in [1.29, 1.82) is 0 Å². The molecular formula is C25H25FN2O3. The summed E-state index contributed by atoms with van der Waals surface area (Å²) in [5, 5.41) is 0. The molecule has 3 aromatic rings. The normalized spacial score (nSPS) is 15.6. The highest BCUT2D eigenvalue weighted by molar-refractivity contribution is 5.64. The zero-order valence-electron chi connectivity index (χ0n) is 17.8. The first-order valence-corrected chi connectivity index (χ1v) is 10.6. The molecule has 2 aliphatic heterocycles. The maximum atomic E-state index is 13.7. The van der Waals surface area contributed by atoms with E-state index in [1.54, 1.807) is 23.6 Å². The van der Waals surface area contributed by atoms with Gasteiger partial charge in [-0.1, -0.05) is 12.1 Å². The lowest BCUT2D eigenvalue weighted by Gasteiger charge is -2.30. The summed E-state index contributed by atoms with van der Waals surface area (Å²) in [5.41, 5.74) is 5.26. The van der Waals surface area contributed by atoms with E-state index in [9.17, 15) is 9.18 Å². The van der Waals surface area contributed by atoms with Gasteiger partial charge in [0.1, 0.15) is 19.0 Å². The van der Waals surface area contributed by atoms with E-state index in [1.165, 1.54) is 11.6 Å². The Bertz CT molecular complexity index is 1220. The lowest BCUT2D eigenvalue weighted by molar-refractivity contribution is 0.171. The highest BCUT2D eigenvalue weighted by Gasteiger charge is 2.22. The zero-order valence-corrected chi connectivity index (χ0v) is 17.8. The third kappa shape index (κ3) is 3.72. The van der Waals surface area contributed by atoms with E-state index in [2.05, 4.69) is 17.0 Å². The average molecular weight is 420 g/mol. The minimum absolute atomic E-state index is 0.0370. The molecule has 2 aromatic carbocycles. The molecule has 1 aromatic heterocycles. The van der Waals surface area contributed by atoms with E-state index in [-0.39, 0.29) is 11.4 Å². The summed E-state index contributed by atoms with van der Waals surface area (Å²) >= 11 is 0. The molecule has 0 N–H and O–H groups in total. The SMILES string of the molecule is Cc1cc(-c2cc3c(n(C)c2=O)CCN(Cc2ccc4c(c2)OCCO4)C3)ccc1F. The van der Waals surface area contributed by atoms with Gasteiger partial charge < -0.3 is 14.0 Å². The molecule has 5 rings (SSSR count). The van der Waals surface area contributed by atoms with Crippen LogP contribution >= 0.6 is 0 Å². The molecule has 0 fully saturated rings. The number of aromatic nitrogens is 1. The van der Waals surface area contributed by atoms with Crippen LogP contribution in [-0.4, -0.2) is 29.2 Å². The fourth-order valence-electron chi connectivity index (χ4n) is 4.49. The maximum absolute atomic E-state index is 13.7. The van der Waals surface area contributed by atoms with Gasteiger partial charge in [0.05, 0.1) is 0 Å². The molecule has 160 valence electrons. The van der Waals surface area contributed by atoms with Gasteiger partial charge in [0.2, 0.25) is 0 Å². The van der Waals surface area contributed by atoms with Crippen LogP contribution in [0.4, 0.5) is 4.39 Å². The number of hydrogen-bond donors (Lipinski definition) is 0. The molecule has 0 saturated heterocycles. The summed E-state index contributed by atoms with van der Waals surface area (Å²) in [6, 6.07) is 12.9. The lowest BCUT2D eigenvalue weighted by atomic mass is 9.98. The first-order valence-electron chi connectivity index (χ1n) is 10.6. The van der Waals surface area contributed by atoms with Gasteiger partial charge in [0, 0.05) is 44.4 Å². The molecule has 2 aliphatic rings. The Morgan fingerprint density at radius 3 is 2.65 bits per heavy atom. The summed E-state index contributed by atoms with van der Waals surface area (Å²) in [6.45, 7) is 5.31. The highest BCUT2D eigenvalue weighted by Crippen LogP contribution is 2.32. The largest absolute Gasteiger partial charge is 0.486 e. The molecule has 0 amide bonds. The average Bonchev–Trinajstić information content (AvgIpc) is 2.78. The molecule has 0 atom stereocenters. The highest BCUT2D eigenvalue weighted by atomic mass is 19.1. The number of ether oxygens (including phenoxy) is 2. The second-order valence-electron chi connectivity index (χ2n) is 8.30. The topological polar surface area (TPSA) is 43.7 Å². The van der Waals surface area contributed by atoms with Crippen LogP contribution in [0.3, 0.4) is 0 Å². The van der Waals surface area contributed by atoms with Crippen molar-refractivity contribution in [3.8, 4) is 22.6 Å². The number of rotatable bonds is 3. The van der Waals surface area contributed by atoms with Gasteiger partial charge in [-0.2, -0.15) is 0 Å². The van der Waals surface area contributed by atoms with Gasteiger partial charge in [-0.3, -0.25) is 9.69 Å². The molecular weight excluding hydrogens is 395 g/mol. The van der Waals surface area contributed by atoms with Crippen molar-refractivity contribution in [1.82, 2.24) is 9.47 Å². The van der Waals surface area contributed by atoms with E-state index in [0.717, 1.165) is 54.4 Å². The van der Waals surface area contributed by atoms with Crippen molar-refractivity contribution >= 4 is 0 Å². The molecule has 0 bridgehead atoms. The molecule has 0 spiro atoms. The van der Waals surface area contributed by atoms with Crippen LogP contribution in [0.5, 0.6) is 11.5 Å². The Kier molecular flexibility index (Phi) is 5.02. The van der Waals surface area contributed by atoms with E-state index in [4.69, 9.17) is 9.47 Å². The number of halogens is 1. The minimum Gasteiger partial charge on any atom is -0.486 e. The fraction of sp³-hybridized carbons (Fsp3) is 0.320. The van der Waals surface area contributed by atoms with Crippen LogP contribution in [0.25, 0.3) is 11.1 Å². The Labute approximate surface area is 180 Å². The lowest BCUT2D eigenvalue weighted by Crippen LogP contribution is -2.35. The van der Waals surface area contributed by atoms with Crippen LogP contribution in [0, 0.1) is 12.7 Å². The third-order valence-electron chi connectivity index (χ3n) is 6.17. The molecule has 0 aliphatic carbocycles. The first-order chi connectivity index (χ1) is 15.0. The van der Waals surface area contributed by atoms with Crippen LogP contribution in [0.1, 0.15) is 22.4 Å².